The molecule has 0 fully saturated rings. The summed E-state index contributed by atoms with van der Waals surface area (Å²) in [6.07, 6.45) is 3.30. The van der Waals surface area contributed by atoms with Crippen molar-refractivity contribution in [2.45, 2.75) is 10.1 Å². The third-order valence-corrected chi connectivity index (χ3v) is 2.94. The number of nitrogens with zero attached hydrogens (tertiary/aromatic N) is 3. The summed E-state index contributed by atoms with van der Waals surface area (Å²) >= 11 is 1.30. The molecule has 0 bridgehead atoms. The number of anilines is 1. The zero-order chi connectivity index (χ0) is 11.4. The van der Waals surface area contributed by atoms with E-state index in [-0.39, 0.29) is 0 Å². The molecule has 0 aromatic carbocycles. The first kappa shape index (κ1) is 10.5. The van der Waals surface area contributed by atoms with Gasteiger partial charge in [-0.15, -0.1) is 0 Å². The molecule has 0 aliphatic carbocycles. The third kappa shape index (κ3) is 2.12. The molecule has 2 N–H and O–H groups in total. The average molecular weight is 228 g/mol. The maximum absolute atomic E-state index is 8.91. The summed E-state index contributed by atoms with van der Waals surface area (Å²) in [5.74, 6) is 0. The van der Waals surface area contributed by atoms with Crippen LogP contribution in [0, 0.1) is 11.3 Å². The van der Waals surface area contributed by atoms with Crippen LogP contribution in [0.3, 0.4) is 0 Å². The zero-order valence-corrected chi connectivity index (χ0v) is 9.11. The van der Waals surface area contributed by atoms with Crippen LogP contribution in [0.4, 0.5) is 5.69 Å². The smallest absolute Gasteiger partial charge is 0.125 e. The van der Waals surface area contributed by atoms with Gasteiger partial charge in [-0.1, -0.05) is 0 Å². The molecule has 2 heterocycles. The highest BCUT2D eigenvalue weighted by molar-refractivity contribution is 7.99. The van der Waals surface area contributed by atoms with Crippen LogP contribution >= 0.6 is 11.8 Å². The predicted molar refractivity (Wildman–Crippen MR) is 61.7 cm³/mol. The first-order chi connectivity index (χ1) is 7.81. The second-order valence-electron chi connectivity index (χ2n) is 2.97. The molecule has 0 amide bonds. The van der Waals surface area contributed by atoms with Gasteiger partial charge in [0.05, 0.1) is 11.3 Å². The van der Waals surface area contributed by atoms with Crippen molar-refractivity contribution >= 4 is 17.4 Å². The Hall–Kier alpha value is -2.06. The Labute approximate surface area is 97.1 Å². The van der Waals surface area contributed by atoms with Gasteiger partial charge in [-0.25, -0.2) is 9.97 Å². The predicted octanol–water partition coefficient (Wildman–Crippen LogP) is 2.08. The molecular weight excluding hydrogens is 220 g/mol. The summed E-state index contributed by atoms with van der Waals surface area (Å²) in [6.45, 7) is 0. The van der Waals surface area contributed by atoms with E-state index in [0.29, 0.717) is 21.3 Å². The summed E-state index contributed by atoms with van der Waals surface area (Å²) in [4.78, 5) is 8.27. The average Bonchev–Trinajstić information content (AvgIpc) is 2.33. The van der Waals surface area contributed by atoms with Crippen molar-refractivity contribution in [2.75, 3.05) is 5.73 Å². The van der Waals surface area contributed by atoms with Gasteiger partial charge in [-0.3, -0.25) is 0 Å². The van der Waals surface area contributed by atoms with Crippen molar-refractivity contribution in [2.24, 2.45) is 0 Å². The molecule has 0 aliphatic heterocycles. The SMILES string of the molecule is N#Cc1cccnc1Sc1ncccc1N. The molecule has 0 aliphatic rings. The van der Waals surface area contributed by atoms with Crippen molar-refractivity contribution < 1.29 is 0 Å². The third-order valence-electron chi connectivity index (χ3n) is 1.89. The van der Waals surface area contributed by atoms with Gasteiger partial charge >= 0.3 is 0 Å². The van der Waals surface area contributed by atoms with Crippen LogP contribution in [-0.2, 0) is 0 Å². The van der Waals surface area contributed by atoms with Gasteiger partial charge in [0.25, 0.3) is 0 Å². The van der Waals surface area contributed by atoms with Gasteiger partial charge in [-0.05, 0) is 36.0 Å². The molecule has 0 unspecified atom stereocenters. The standard InChI is InChI=1S/C11H8N4S/c12-7-8-3-1-5-14-10(8)16-11-9(13)4-2-6-15-11/h1-6H,13H2. The van der Waals surface area contributed by atoms with E-state index in [1.807, 2.05) is 0 Å². The maximum Gasteiger partial charge on any atom is 0.125 e. The molecule has 0 saturated carbocycles. The van der Waals surface area contributed by atoms with E-state index in [0.717, 1.165) is 0 Å². The minimum Gasteiger partial charge on any atom is -0.397 e. The highest BCUT2D eigenvalue weighted by Gasteiger charge is 2.07. The molecule has 0 atom stereocenters. The molecule has 4 nitrogen and oxygen atoms in total. The van der Waals surface area contributed by atoms with Crippen molar-refractivity contribution in [3.05, 3.63) is 42.2 Å². The fourth-order valence-corrected chi connectivity index (χ4v) is 1.96. The number of nitrogens with two attached hydrogens (primary N) is 1. The second kappa shape index (κ2) is 4.64. The minimum atomic E-state index is 0.526. The summed E-state index contributed by atoms with van der Waals surface area (Å²) in [6, 6.07) is 9.06. The van der Waals surface area contributed by atoms with Crippen LogP contribution in [0.25, 0.3) is 0 Å². The van der Waals surface area contributed by atoms with Crippen molar-refractivity contribution in [1.82, 2.24) is 9.97 Å². The van der Waals surface area contributed by atoms with Gasteiger partial charge in [0.15, 0.2) is 0 Å². The summed E-state index contributed by atoms with van der Waals surface area (Å²) in [7, 11) is 0. The number of hydrogen-bond donors (Lipinski definition) is 1. The number of hydrogen-bond acceptors (Lipinski definition) is 5. The van der Waals surface area contributed by atoms with E-state index in [2.05, 4.69) is 16.0 Å². The van der Waals surface area contributed by atoms with Crippen LogP contribution < -0.4 is 5.73 Å². The molecule has 0 spiro atoms. The fourth-order valence-electron chi connectivity index (χ4n) is 1.14. The van der Waals surface area contributed by atoms with Crippen LogP contribution in [-0.4, -0.2) is 9.97 Å². The number of rotatable bonds is 2. The number of aromatic nitrogens is 2. The van der Waals surface area contributed by atoms with E-state index in [9.17, 15) is 0 Å². The van der Waals surface area contributed by atoms with Gasteiger partial charge in [-0.2, -0.15) is 5.26 Å². The molecule has 5 heteroatoms. The Morgan fingerprint density at radius 3 is 2.50 bits per heavy atom. The lowest BCUT2D eigenvalue weighted by Gasteiger charge is -2.03. The molecule has 2 aromatic heterocycles. The first-order valence-electron chi connectivity index (χ1n) is 4.54. The van der Waals surface area contributed by atoms with Crippen molar-refractivity contribution in [3.8, 4) is 6.07 Å². The zero-order valence-electron chi connectivity index (χ0n) is 8.29. The van der Waals surface area contributed by atoms with Crippen LogP contribution in [0.15, 0.2) is 46.7 Å². The van der Waals surface area contributed by atoms with E-state index >= 15 is 0 Å². The van der Waals surface area contributed by atoms with Crippen LogP contribution in [0.5, 0.6) is 0 Å². The van der Waals surface area contributed by atoms with E-state index in [1.54, 1.807) is 36.7 Å². The Morgan fingerprint density at radius 2 is 1.81 bits per heavy atom. The summed E-state index contributed by atoms with van der Waals surface area (Å²) in [5.41, 5.74) is 6.88. The molecule has 16 heavy (non-hydrogen) atoms. The van der Waals surface area contributed by atoms with Gasteiger partial charge < -0.3 is 5.73 Å². The number of nitriles is 1. The molecule has 2 rings (SSSR count). The number of pyridine rings is 2. The Kier molecular flexibility index (Phi) is 3.03. The summed E-state index contributed by atoms with van der Waals surface area (Å²) in [5, 5.41) is 10.2. The topological polar surface area (TPSA) is 75.6 Å². The van der Waals surface area contributed by atoms with Crippen LogP contribution in [0.2, 0.25) is 0 Å². The lowest BCUT2D eigenvalue weighted by Crippen LogP contribution is -1.92. The quantitative estimate of drug-likeness (QED) is 0.851. The Morgan fingerprint density at radius 1 is 1.12 bits per heavy atom. The lowest BCUT2D eigenvalue weighted by molar-refractivity contribution is 1.08. The molecular formula is C11H8N4S. The van der Waals surface area contributed by atoms with E-state index in [4.69, 9.17) is 11.0 Å². The van der Waals surface area contributed by atoms with Crippen molar-refractivity contribution in [1.29, 1.82) is 5.26 Å². The maximum atomic E-state index is 8.91. The Balaban J connectivity index is 2.35. The second-order valence-corrected chi connectivity index (χ2v) is 3.95. The summed E-state index contributed by atoms with van der Waals surface area (Å²) < 4.78 is 0. The Bertz CT molecular complexity index is 548. The van der Waals surface area contributed by atoms with Crippen LogP contribution in [0.1, 0.15) is 5.56 Å². The molecule has 0 saturated heterocycles. The van der Waals surface area contributed by atoms with Gasteiger partial charge in [0.1, 0.15) is 16.1 Å². The highest BCUT2D eigenvalue weighted by atomic mass is 32.2. The van der Waals surface area contributed by atoms with E-state index < -0.39 is 0 Å². The molecule has 78 valence electrons. The fraction of sp³-hybridized carbons (Fsp3) is 0. The normalized spacial score (nSPS) is 9.69. The first-order valence-corrected chi connectivity index (χ1v) is 5.36. The van der Waals surface area contributed by atoms with Gasteiger partial charge in [0, 0.05) is 12.4 Å². The minimum absolute atomic E-state index is 0.526. The lowest BCUT2D eigenvalue weighted by atomic mass is 10.3. The molecule has 0 radical (unpaired) electrons. The monoisotopic (exact) mass is 228 g/mol. The number of nitrogen functional groups attached to an aromatic ring is 1. The van der Waals surface area contributed by atoms with Gasteiger partial charge in [0.2, 0.25) is 0 Å². The highest BCUT2D eigenvalue weighted by Crippen LogP contribution is 2.30. The molecule has 2 aromatic rings. The van der Waals surface area contributed by atoms with E-state index in [1.165, 1.54) is 11.8 Å². The largest absolute Gasteiger partial charge is 0.397 e. The van der Waals surface area contributed by atoms with Crippen molar-refractivity contribution in [3.63, 3.8) is 0 Å².